The molecule has 0 aliphatic carbocycles. The Bertz CT molecular complexity index is 340. The van der Waals surface area contributed by atoms with Crippen LogP contribution in [0.2, 0.25) is 0 Å². The molecule has 5 heteroatoms. The van der Waals surface area contributed by atoms with E-state index >= 15 is 0 Å². The topological polar surface area (TPSA) is 73.3 Å². The number of aliphatic hydroxyl groups excluding tert-OH is 1. The van der Waals surface area contributed by atoms with Gasteiger partial charge in [-0.15, -0.1) is 0 Å². The van der Waals surface area contributed by atoms with Crippen LogP contribution in [0.4, 0.5) is 0 Å². The summed E-state index contributed by atoms with van der Waals surface area (Å²) < 4.78 is 7.60. The van der Waals surface area contributed by atoms with Crippen LogP contribution in [0.15, 0.2) is 12.5 Å². The summed E-state index contributed by atoms with van der Waals surface area (Å²) in [6, 6.07) is 0.0412. The molecule has 3 unspecified atom stereocenters. The Kier molecular flexibility index (Phi) is 3.58. The largest absolute Gasteiger partial charge is 0.394 e. The fourth-order valence-corrected chi connectivity index (χ4v) is 2.23. The van der Waals surface area contributed by atoms with E-state index in [1.807, 2.05) is 0 Å². The summed E-state index contributed by atoms with van der Waals surface area (Å²) >= 11 is 0. The standard InChI is InChI=1S/C11H19N3O2/c1-8-4-9(2-3-16-8)14-7-13-5-11(14)10(12)6-15/h5,7-10,15H,2-4,6,12H2,1H3. The minimum Gasteiger partial charge on any atom is -0.394 e. The Morgan fingerprint density at radius 2 is 2.56 bits per heavy atom. The Labute approximate surface area is 95.2 Å². The number of nitrogens with two attached hydrogens (primary N) is 1. The first-order valence-corrected chi connectivity index (χ1v) is 5.72. The van der Waals surface area contributed by atoms with E-state index in [9.17, 15) is 0 Å². The quantitative estimate of drug-likeness (QED) is 0.790. The number of nitrogens with zero attached hydrogens (tertiary/aromatic N) is 2. The molecule has 0 amide bonds. The van der Waals surface area contributed by atoms with Crippen LogP contribution < -0.4 is 5.73 Å². The molecule has 1 aromatic heterocycles. The van der Waals surface area contributed by atoms with Crippen molar-refractivity contribution in [3.05, 3.63) is 18.2 Å². The summed E-state index contributed by atoms with van der Waals surface area (Å²) in [4.78, 5) is 4.12. The maximum Gasteiger partial charge on any atom is 0.0951 e. The van der Waals surface area contributed by atoms with E-state index in [-0.39, 0.29) is 18.8 Å². The van der Waals surface area contributed by atoms with Crippen LogP contribution in [-0.2, 0) is 4.74 Å². The zero-order valence-corrected chi connectivity index (χ0v) is 9.54. The highest BCUT2D eigenvalue weighted by Gasteiger charge is 2.23. The minimum absolute atomic E-state index is 0.0511. The van der Waals surface area contributed by atoms with Gasteiger partial charge in [0, 0.05) is 18.8 Å². The maximum absolute atomic E-state index is 9.09. The van der Waals surface area contributed by atoms with Gasteiger partial charge < -0.3 is 20.1 Å². The molecule has 1 aromatic rings. The van der Waals surface area contributed by atoms with Gasteiger partial charge >= 0.3 is 0 Å². The van der Waals surface area contributed by atoms with Crippen molar-refractivity contribution in [3.8, 4) is 0 Å². The van der Waals surface area contributed by atoms with E-state index in [2.05, 4.69) is 16.5 Å². The molecule has 0 bridgehead atoms. The average molecular weight is 225 g/mol. The van der Waals surface area contributed by atoms with Gasteiger partial charge in [-0.25, -0.2) is 4.98 Å². The van der Waals surface area contributed by atoms with E-state index in [1.54, 1.807) is 12.5 Å². The number of imidazole rings is 1. The highest BCUT2D eigenvalue weighted by molar-refractivity contribution is 5.06. The molecule has 2 heterocycles. The first kappa shape index (κ1) is 11.6. The summed E-state index contributed by atoms with van der Waals surface area (Å²) in [6.07, 6.45) is 5.77. The zero-order valence-electron chi connectivity index (χ0n) is 9.54. The molecular formula is C11H19N3O2. The molecule has 16 heavy (non-hydrogen) atoms. The van der Waals surface area contributed by atoms with Crippen molar-refractivity contribution in [2.45, 2.75) is 38.0 Å². The molecule has 0 aromatic carbocycles. The summed E-state index contributed by atoms with van der Waals surface area (Å²) in [5.74, 6) is 0. The van der Waals surface area contributed by atoms with Crippen LogP contribution in [0.1, 0.15) is 37.5 Å². The molecule has 0 radical (unpaired) electrons. The molecule has 1 aliphatic rings. The van der Waals surface area contributed by atoms with E-state index in [0.29, 0.717) is 6.04 Å². The molecule has 3 N–H and O–H groups in total. The summed E-state index contributed by atoms with van der Waals surface area (Å²) in [7, 11) is 0. The van der Waals surface area contributed by atoms with Crippen molar-refractivity contribution < 1.29 is 9.84 Å². The Morgan fingerprint density at radius 3 is 3.25 bits per heavy atom. The van der Waals surface area contributed by atoms with Gasteiger partial charge in [0.1, 0.15) is 0 Å². The molecule has 0 spiro atoms. The van der Waals surface area contributed by atoms with Crippen LogP contribution in [0.25, 0.3) is 0 Å². The molecule has 1 aliphatic heterocycles. The Hall–Kier alpha value is -0.910. The highest BCUT2D eigenvalue weighted by Crippen LogP contribution is 2.27. The Morgan fingerprint density at radius 1 is 1.75 bits per heavy atom. The van der Waals surface area contributed by atoms with E-state index in [0.717, 1.165) is 25.1 Å². The van der Waals surface area contributed by atoms with Crippen LogP contribution in [0.3, 0.4) is 0 Å². The highest BCUT2D eigenvalue weighted by atomic mass is 16.5. The lowest BCUT2D eigenvalue weighted by Crippen LogP contribution is -2.28. The SMILES string of the molecule is CC1CC(n2cncc2C(N)CO)CCO1. The minimum atomic E-state index is -0.347. The van der Waals surface area contributed by atoms with Crippen molar-refractivity contribution in [1.29, 1.82) is 0 Å². The van der Waals surface area contributed by atoms with Crippen LogP contribution >= 0.6 is 0 Å². The maximum atomic E-state index is 9.09. The average Bonchev–Trinajstić information content (AvgIpc) is 2.77. The van der Waals surface area contributed by atoms with Crippen molar-refractivity contribution in [2.24, 2.45) is 5.73 Å². The molecule has 90 valence electrons. The molecule has 0 saturated carbocycles. The van der Waals surface area contributed by atoms with Crippen molar-refractivity contribution >= 4 is 0 Å². The normalized spacial score (nSPS) is 27.9. The molecule has 1 fully saturated rings. The number of hydrogen-bond acceptors (Lipinski definition) is 4. The fraction of sp³-hybridized carbons (Fsp3) is 0.727. The number of ether oxygens (including phenoxy) is 1. The molecule has 2 rings (SSSR count). The van der Waals surface area contributed by atoms with E-state index in [4.69, 9.17) is 15.6 Å². The second-order valence-corrected chi connectivity index (χ2v) is 4.37. The van der Waals surface area contributed by atoms with Crippen LogP contribution in [0.5, 0.6) is 0 Å². The smallest absolute Gasteiger partial charge is 0.0951 e. The van der Waals surface area contributed by atoms with E-state index < -0.39 is 0 Å². The number of aromatic nitrogens is 2. The first-order valence-electron chi connectivity index (χ1n) is 5.72. The lowest BCUT2D eigenvalue weighted by Gasteiger charge is -2.30. The molecule has 3 atom stereocenters. The predicted octanol–water partition coefficient (Wildman–Crippen LogP) is 0.615. The fourth-order valence-electron chi connectivity index (χ4n) is 2.23. The summed E-state index contributed by atoms with van der Waals surface area (Å²) in [5.41, 5.74) is 6.74. The van der Waals surface area contributed by atoms with Gasteiger partial charge in [-0.2, -0.15) is 0 Å². The summed E-state index contributed by atoms with van der Waals surface area (Å²) in [5, 5.41) is 9.09. The van der Waals surface area contributed by atoms with Crippen molar-refractivity contribution in [1.82, 2.24) is 9.55 Å². The van der Waals surface area contributed by atoms with E-state index in [1.165, 1.54) is 0 Å². The Balaban J connectivity index is 2.16. The first-order chi connectivity index (χ1) is 7.72. The monoisotopic (exact) mass is 225 g/mol. The van der Waals surface area contributed by atoms with Gasteiger partial charge in [-0.1, -0.05) is 0 Å². The van der Waals surface area contributed by atoms with Gasteiger partial charge in [-0.05, 0) is 19.8 Å². The predicted molar refractivity (Wildman–Crippen MR) is 59.9 cm³/mol. The number of rotatable bonds is 3. The van der Waals surface area contributed by atoms with Crippen molar-refractivity contribution in [3.63, 3.8) is 0 Å². The third-order valence-corrected chi connectivity index (χ3v) is 3.12. The van der Waals surface area contributed by atoms with Gasteiger partial charge in [0.15, 0.2) is 0 Å². The van der Waals surface area contributed by atoms with Crippen LogP contribution in [-0.4, -0.2) is 34.0 Å². The summed E-state index contributed by atoms with van der Waals surface area (Å²) in [6.45, 7) is 2.80. The molecule has 5 nitrogen and oxygen atoms in total. The van der Waals surface area contributed by atoms with Gasteiger partial charge in [0.25, 0.3) is 0 Å². The van der Waals surface area contributed by atoms with Crippen molar-refractivity contribution in [2.75, 3.05) is 13.2 Å². The zero-order chi connectivity index (χ0) is 11.5. The lowest BCUT2D eigenvalue weighted by atomic mass is 10.0. The van der Waals surface area contributed by atoms with Crippen LogP contribution in [0, 0.1) is 0 Å². The lowest BCUT2D eigenvalue weighted by molar-refractivity contribution is 0.00515. The second-order valence-electron chi connectivity index (χ2n) is 4.37. The van der Waals surface area contributed by atoms with Gasteiger partial charge in [0.2, 0.25) is 0 Å². The third kappa shape index (κ3) is 2.26. The van der Waals surface area contributed by atoms with Gasteiger partial charge in [0.05, 0.1) is 30.8 Å². The van der Waals surface area contributed by atoms with Gasteiger partial charge in [-0.3, -0.25) is 0 Å². The third-order valence-electron chi connectivity index (χ3n) is 3.12. The number of aliphatic hydroxyl groups is 1. The molecule has 1 saturated heterocycles. The second kappa shape index (κ2) is 4.95. The number of hydrogen-bond donors (Lipinski definition) is 2. The molecular weight excluding hydrogens is 206 g/mol.